The van der Waals surface area contributed by atoms with Crippen molar-refractivity contribution in [1.82, 2.24) is 4.57 Å². The van der Waals surface area contributed by atoms with Gasteiger partial charge in [0.15, 0.2) is 0 Å². The molecule has 0 fully saturated rings. The highest BCUT2D eigenvalue weighted by atomic mass is 35.5. The molecular weight excluding hydrogens is 184 g/mol. The van der Waals surface area contributed by atoms with Crippen LogP contribution in [0.5, 0.6) is 0 Å². The third kappa shape index (κ3) is 1.27. The Morgan fingerprint density at radius 1 is 1.31 bits per heavy atom. The molecule has 2 rings (SSSR count). The zero-order valence-corrected chi connectivity index (χ0v) is 8.39. The first-order valence-electron chi connectivity index (χ1n) is 4.15. The van der Waals surface area contributed by atoms with Gasteiger partial charge in [0, 0.05) is 30.0 Å². The summed E-state index contributed by atoms with van der Waals surface area (Å²) in [4.78, 5) is 0. The minimum absolute atomic E-state index is 0.778. The minimum atomic E-state index is 0.778. The van der Waals surface area contributed by atoms with Crippen LogP contribution in [0.3, 0.4) is 0 Å². The minimum Gasteiger partial charge on any atom is -0.375 e. The summed E-state index contributed by atoms with van der Waals surface area (Å²) >= 11 is 5.89. The number of aromatic nitrogens is 1. The molecule has 0 saturated carbocycles. The highest BCUT2D eigenvalue weighted by Gasteiger charge is 2.03. The van der Waals surface area contributed by atoms with Crippen LogP contribution in [0.15, 0.2) is 24.3 Å². The van der Waals surface area contributed by atoms with E-state index in [9.17, 15) is 0 Å². The van der Waals surface area contributed by atoms with Crippen LogP contribution in [0, 0.1) is 0 Å². The maximum Gasteiger partial charge on any atom is 0.106 e. The van der Waals surface area contributed by atoms with Gasteiger partial charge in [0.1, 0.15) is 5.82 Å². The molecule has 1 aromatic heterocycles. The normalized spacial score (nSPS) is 10.7. The van der Waals surface area contributed by atoms with Gasteiger partial charge in [-0.2, -0.15) is 0 Å². The van der Waals surface area contributed by atoms with Crippen molar-refractivity contribution in [2.24, 2.45) is 7.05 Å². The Morgan fingerprint density at radius 3 is 2.77 bits per heavy atom. The number of anilines is 1. The first kappa shape index (κ1) is 8.45. The molecule has 3 heteroatoms. The number of nitrogens with one attached hydrogen (secondary N) is 1. The van der Waals surface area contributed by atoms with Gasteiger partial charge in [-0.1, -0.05) is 11.6 Å². The number of benzene rings is 1. The second-order valence-corrected chi connectivity index (χ2v) is 3.48. The largest absolute Gasteiger partial charge is 0.375 e. The van der Waals surface area contributed by atoms with Crippen LogP contribution < -0.4 is 5.32 Å². The Balaban J connectivity index is 2.76. The maximum atomic E-state index is 5.89. The average molecular weight is 195 g/mol. The average Bonchev–Trinajstić information content (AvgIpc) is 2.42. The van der Waals surface area contributed by atoms with Gasteiger partial charge in [-0.3, -0.25) is 0 Å². The quantitative estimate of drug-likeness (QED) is 0.739. The fourth-order valence-corrected chi connectivity index (χ4v) is 1.74. The predicted molar refractivity (Wildman–Crippen MR) is 57.5 cm³/mol. The van der Waals surface area contributed by atoms with Crippen molar-refractivity contribution in [3.05, 3.63) is 29.3 Å². The lowest BCUT2D eigenvalue weighted by Gasteiger charge is -2.01. The molecule has 0 saturated heterocycles. The molecule has 0 radical (unpaired) electrons. The van der Waals surface area contributed by atoms with Gasteiger partial charge in [-0.25, -0.2) is 0 Å². The van der Waals surface area contributed by atoms with E-state index < -0.39 is 0 Å². The highest BCUT2D eigenvalue weighted by Crippen LogP contribution is 2.24. The number of aryl methyl sites for hydroxylation is 1. The molecule has 1 heterocycles. The van der Waals surface area contributed by atoms with Crippen LogP contribution in [-0.2, 0) is 7.05 Å². The third-order valence-corrected chi connectivity index (χ3v) is 2.50. The van der Waals surface area contributed by atoms with Crippen LogP contribution in [0.1, 0.15) is 0 Å². The SMILES string of the molecule is CNc1cc2cc(Cl)ccc2n1C. The third-order valence-electron chi connectivity index (χ3n) is 2.26. The number of hydrogen-bond donors (Lipinski definition) is 1. The molecule has 0 aliphatic rings. The summed E-state index contributed by atoms with van der Waals surface area (Å²) < 4.78 is 2.10. The summed E-state index contributed by atoms with van der Waals surface area (Å²) in [5, 5.41) is 5.07. The van der Waals surface area contributed by atoms with E-state index in [1.54, 1.807) is 0 Å². The monoisotopic (exact) mass is 194 g/mol. The lowest BCUT2D eigenvalue weighted by atomic mass is 10.2. The second-order valence-electron chi connectivity index (χ2n) is 3.04. The van der Waals surface area contributed by atoms with Crippen LogP contribution >= 0.6 is 11.6 Å². The molecule has 2 nitrogen and oxygen atoms in total. The fraction of sp³-hybridized carbons (Fsp3) is 0.200. The standard InChI is InChI=1S/C10H11ClN2/c1-12-10-6-7-5-8(11)3-4-9(7)13(10)2/h3-6,12H,1-2H3. The van der Waals surface area contributed by atoms with Gasteiger partial charge in [-0.05, 0) is 24.3 Å². The van der Waals surface area contributed by atoms with Gasteiger partial charge in [-0.15, -0.1) is 0 Å². The molecule has 0 amide bonds. The van der Waals surface area contributed by atoms with E-state index in [4.69, 9.17) is 11.6 Å². The van der Waals surface area contributed by atoms with Crippen LogP contribution in [0.2, 0.25) is 5.02 Å². The van der Waals surface area contributed by atoms with E-state index in [1.165, 1.54) is 10.9 Å². The molecule has 0 bridgehead atoms. The van der Waals surface area contributed by atoms with Crippen LogP contribution in [0.25, 0.3) is 10.9 Å². The van der Waals surface area contributed by atoms with E-state index in [2.05, 4.69) is 16.0 Å². The molecule has 2 aromatic rings. The number of nitrogens with zero attached hydrogens (tertiary/aromatic N) is 1. The topological polar surface area (TPSA) is 17.0 Å². The van der Waals surface area contributed by atoms with E-state index in [0.717, 1.165) is 10.8 Å². The van der Waals surface area contributed by atoms with Gasteiger partial charge in [0.2, 0.25) is 0 Å². The molecule has 0 aliphatic carbocycles. The molecule has 0 spiro atoms. The van der Waals surface area contributed by atoms with Crippen molar-refractivity contribution in [3.63, 3.8) is 0 Å². The summed E-state index contributed by atoms with van der Waals surface area (Å²) in [5.74, 6) is 1.09. The van der Waals surface area contributed by atoms with Crippen LogP contribution in [-0.4, -0.2) is 11.6 Å². The van der Waals surface area contributed by atoms with E-state index >= 15 is 0 Å². The van der Waals surface area contributed by atoms with Crippen molar-refractivity contribution in [1.29, 1.82) is 0 Å². The smallest absolute Gasteiger partial charge is 0.106 e. The first-order chi connectivity index (χ1) is 6.22. The van der Waals surface area contributed by atoms with Crippen molar-refractivity contribution in [3.8, 4) is 0 Å². The predicted octanol–water partition coefficient (Wildman–Crippen LogP) is 2.87. The van der Waals surface area contributed by atoms with Gasteiger partial charge >= 0.3 is 0 Å². The summed E-state index contributed by atoms with van der Waals surface area (Å²) in [7, 11) is 3.94. The number of halogens is 1. The Morgan fingerprint density at radius 2 is 2.08 bits per heavy atom. The number of fused-ring (bicyclic) bond motifs is 1. The molecule has 13 heavy (non-hydrogen) atoms. The summed E-state index contributed by atoms with van der Waals surface area (Å²) in [6.45, 7) is 0. The lowest BCUT2D eigenvalue weighted by Crippen LogP contribution is -1.95. The molecule has 1 N–H and O–H groups in total. The molecular formula is C10H11ClN2. The van der Waals surface area contributed by atoms with Crippen molar-refractivity contribution in [2.45, 2.75) is 0 Å². The Labute approximate surface area is 82.1 Å². The molecule has 68 valence electrons. The van der Waals surface area contributed by atoms with Crippen molar-refractivity contribution < 1.29 is 0 Å². The van der Waals surface area contributed by atoms with Gasteiger partial charge < -0.3 is 9.88 Å². The zero-order chi connectivity index (χ0) is 9.42. The second kappa shape index (κ2) is 2.96. The van der Waals surface area contributed by atoms with Crippen molar-refractivity contribution >= 4 is 28.3 Å². The molecule has 0 aliphatic heterocycles. The Hall–Kier alpha value is -1.15. The fourth-order valence-electron chi connectivity index (χ4n) is 1.56. The summed E-state index contributed by atoms with van der Waals surface area (Å²) in [6, 6.07) is 7.99. The lowest BCUT2D eigenvalue weighted by molar-refractivity contribution is 0.972. The number of hydrogen-bond acceptors (Lipinski definition) is 1. The van der Waals surface area contributed by atoms with E-state index in [0.29, 0.717) is 0 Å². The number of rotatable bonds is 1. The Kier molecular flexibility index (Phi) is 1.93. The van der Waals surface area contributed by atoms with Crippen molar-refractivity contribution in [2.75, 3.05) is 12.4 Å². The Bertz CT molecular complexity index is 445. The zero-order valence-electron chi connectivity index (χ0n) is 7.63. The van der Waals surface area contributed by atoms with Crippen LogP contribution in [0.4, 0.5) is 5.82 Å². The molecule has 0 unspecified atom stereocenters. The van der Waals surface area contributed by atoms with E-state index in [-0.39, 0.29) is 0 Å². The first-order valence-corrected chi connectivity index (χ1v) is 4.53. The molecule has 1 aromatic carbocycles. The highest BCUT2D eigenvalue weighted by molar-refractivity contribution is 6.31. The summed E-state index contributed by atoms with van der Waals surface area (Å²) in [6.07, 6.45) is 0. The maximum absolute atomic E-state index is 5.89. The molecule has 0 atom stereocenters. The van der Waals surface area contributed by atoms with Gasteiger partial charge in [0.05, 0.1) is 0 Å². The van der Waals surface area contributed by atoms with E-state index in [1.807, 2.05) is 32.3 Å². The van der Waals surface area contributed by atoms with Gasteiger partial charge in [0.25, 0.3) is 0 Å². The summed E-state index contributed by atoms with van der Waals surface area (Å²) in [5.41, 5.74) is 1.19.